The van der Waals surface area contributed by atoms with Crippen molar-refractivity contribution in [3.8, 4) is 11.4 Å². The highest BCUT2D eigenvalue weighted by molar-refractivity contribution is 14.1. The maximum atomic E-state index is 12.1. The number of aromatic nitrogens is 4. The van der Waals surface area contributed by atoms with Gasteiger partial charge in [0.25, 0.3) is 0 Å². The van der Waals surface area contributed by atoms with Gasteiger partial charge < -0.3 is 15.2 Å². The molecule has 0 aliphatic heterocycles. The van der Waals surface area contributed by atoms with E-state index in [0.29, 0.717) is 5.82 Å². The van der Waals surface area contributed by atoms with E-state index in [1.807, 2.05) is 45.0 Å². The summed E-state index contributed by atoms with van der Waals surface area (Å²) in [5, 5.41) is 13.6. The number of hydrogen-bond acceptors (Lipinski definition) is 6. The third kappa shape index (κ3) is 5.19. The highest BCUT2D eigenvalue weighted by Gasteiger charge is 2.16. The number of nitrogens with one attached hydrogen (secondary N) is 2. The van der Waals surface area contributed by atoms with E-state index in [-0.39, 0.29) is 31.4 Å². The molecular formula is C19H21IN6O3. The fourth-order valence-electron chi connectivity index (χ4n) is 2.69. The molecule has 29 heavy (non-hydrogen) atoms. The first-order chi connectivity index (χ1) is 13.8. The average molecular weight is 508 g/mol. The number of nitrogens with zero attached hydrogens (tertiary/aromatic N) is 4. The van der Waals surface area contributed by atoms with Crippen molar-refractivity contribution in [2.75, 3.05) is 13.1 Å². The molecule has 1 aromatic carbocycles. The fourth-order valence-corrected chi connectivity index (χ4v) is 3.08. The van der Waals surface area contributed by atoms with Gasteiger partial charge in [-0.15, -0.1) is 0 Å². The number of carbonyl (C=O) groups is 2. The van der Waals surface area contributed by atoms with Crippen LogP contribution in [0.15, 0.2) is 28.8 Å². The van der Waals surface area contributed by atoms with Crippen molar-refractivity contribution < 1.29 is 14.1 Å². The lowest BCUT2D eigenvalue weighted by molar-refractivity contribution is -0.121. The molecule has 0 atom stereocenters. The maximum absolute atomic E-state index is 12.1. The highest BCUT2D eigenvalue weighted by Crippen LogP contribution is 2.17. The molecule has 2 N–H and O–H groups in total. The van der Waals surface area contributed by atoms with Crippen LogP contribution in [0.2, 0.25) is 0 Å². The Kier molecular flexibility index (Phi) is 6.62. The van der Waals surface area contributed by atoms with Crippen LogP contribution in [0.25, 0.3) is 11.4 Å². The SMILES string of the molecule is Cc1cccc(-c2noc(C(=O)NCCNC(=O)Cn3nc(C)c(I)c3C)n2)c1. The molecule has 2 aromatic heterocycles. The van der Waals surface area contributed by atoms with E-state index in [0.717, 1.165) is 26.1 Å². The summed E-state index contributed by atoms with van der Waals surface area (Å²) in [6, 6.07) is 7.60. The molecule has 3 rings (SSSR count). The van der Waals surface area contributed by atoms with Gasteiger partial charge in [0.05, 0.1) is 9.26 Å². The van der Waals surface area contributed by atoms with E-state index in [9.17, 15) is 9.59 Å². The molecule has 0 unspecified atom stereocenters. The summed E-state index contributed by atoms with van der Waals surface area (Å²) in [7, 11) is 0. The Morgan fingerprint density at radius 3 is 2.62 bits per heavy atom. The average Bonchev–Trinajstić information content (AvgIpc) is 3.27. The Morgan fingerprint density at radius 1 is 1.17 bits per heavy atom. The van der Waals surface area contributed by atoms with E-state index < -0.39 is 5.91 Å². The first-order valence-corrected chi connectivity index (χ1v) is 10.1. The predicted molar refractivity (Wildman–Crippen MR) is 114 cm³/mol. The normalized spacial score (nSPS) is 10.8. The van der Waals surface area contributed by atoms with Gasteiger partial charge in [0.1, 0.15) is 6.54 Å². The Bertz CT molecular complexity index is 1040. The van der Waals surface area contributed by atoms with Gasteiger partial charge >= 0.3 is 11.8 Å². The van der Waals surface area contributed by atoms with E-state index in [1.54, 1.807) is 4.68 Å². The van der Waals surface area contributed by atoms with Crippen LogP contribution in [0.1, 0.15) is 27.6 Å². The van der Waals surface area contributed by atoms with Crippen LogP contribution >= 0.6 is 22.6 Å². The van der Waals surface area contributed by atoms with Crippen LogP contribution in [0.5, 0.6) is 0 Å². The smallest absolute Gasteiger partial charge is 0.316 e. The van der Waals surface area contributed by atoms with Crippen molar-refractivity contribution in [2.24, 2.45) is 0 Å². The number of rotatable bonds is 7. The van der Waals surface area contributed by atoms with Crippen molar-refractivity contribution in [3.63, 3.8) is 0 Å². The molecule has 0 fully saturated rings. The topological polar surface area (TPSA) is 115 Å². The lowest BCUT2D eigenvalue weighted by atomic mass is 10.1. The molecule has 0 spiro atoms. The van der Waals surface area contributed by atoms with E-state index >= 15 is 0 Å². The van der Waals surface area contributed by atoms with Crippen LogP contribution in [0.4, 0.5) is 0 Å². The van der Waals surface area contributed by atoms with Crippen molar-refractivity contribution in [1.29, 1.82) is 0 Å². The first-order valence-electron chi connectivity index (χ1n) is 9.00. The van der Waals surface area contributed by atoms with Gasteiger partial charge in [-0.2, -0.15) is 10.1 Å². The number of amides is 2. The number of benzene rings is 1. The molecule has 0 aliphatic carbocycles. The van der Waals surface area contributed by atoms with Gasteiger partial charge in [-0.3, -0.25) is 14.3 Å². The van der Waals surface area contributed by atoms with E-state index in [1.165, 1.54) is 0 Å². The third-order valence-corrected chi connectivity index (χ3v) is 5.78. The molecule has 2 amide bonds. The zero-order valence-corrected chi connectivity index (χ0v) is 18.5. The van der Waals surface area contributed by atoms with Crippen molar-refractivity contribution in [1.82, 2.24) is 30.6 Å². The zero-order chi connectivity index (χ0) is 21.0. The Morgan fingerprint density at radius 2 is 1.93 bits per heavy atom. The molecule has 0 saturated heterocycles. The maximum Gasteiger partial charge on any atom is 0.316 e. The predicted octanol–water partition coefficient (Wildman–Crippen LogP) is 2.01. The van der Waals surface area contributed by atoms with Crippen LogP contribution in [-0.4, -0.2) is 44.8 Å². The molecule has 0 saturated carbocycles. The summed E-state index contributed by atoms with van der Waals surface area (Å²) in [6.45, 7) is 6.43. The Labute approximate surface area is 181 Å². The second-order valence-electron chi connectivity index (χ2n) is 6.54. The number of halogens is 1. The lowest BCUT2D eigenvalue weighted by Gasteiger charge is -2.07. The molecule has 10 heteroatoms. The highest BCUT2D eigenvalue weighted by atomic mass is 127. The summed E-state index contributed by atoms with van der Waals surface area (Å²) in [6.07, 6.45) is 0. The third-order valence-electron chi connectivity index (χ3n) is 4.22. The van der Waals surface area contributed by atoms with E-state index in [2.05, 4.69) is 48.5 Å². The minimum absolute atomic E-state index is 0.120. The van der Waals surface area contributed by atoms with Crippen molar-refractivity contribution >= 4 is 34.4 Å². The number of hydrogen-bond donors (Lipinski definition) is 2. The second kappa shape index (κ2) is 9.16. The molecule has 152 valence electrons. The monoisotopic (exact) mass is 508 g/mol. The van der Waals surface area contributed by atoms with Gasteiger partial charge in [-0.1, -0.05) is 28.9 Å². The fraction of sp³-hybridized carbons (Fsp3) is 0.316. The van der Waals surface area contributed by atoms with Crippen LogP contribution < -0.4 is 10.6 Å². The molecule has 0 radical (unpaired) electrons. The van der Waals surface area contributed by atoms with Crippen molar-refractivity contribution in [2.45, 2.75) is 27.3 Å². The molecule has 9 nitrogen and oxygen atoms in total. The van der Waals surface area contributed by atoms with Gasteiger partial charge in [-0.25, -0.2) is 0 Å². The first kappa shape index (κ1) is 21.0. The van der Waals surface area contributed by atoms with Gasteiger partial charge in [0.2, 0.25) is 11.7 Å². The van der Waals surface area contributed by atoms with Crippen LogP contribution in [0, 0.1) is 24.3 Å². The van der Waals surface area contributed by atoms with Crippen LogP contribution in [-0.2, 0) is 11.3 Å². The number of aryl methyl sites for hydroxylation is 2. The summed E-state index contributed by atoms with van der Waals surface area (Å²) in [5.74, 6) is -0.434. The van der Waals surface area contributed by atoms with Crippen LogP contribution in [0.3, 0.4) is 0 Å². The van der Waals surface area contributed by atoms with Gasteiger partial charge in [0, 0.05) is 24.3 Å². The second-order valence-corrected chi connectivity index (χ2v) is 7.62. The number of carbonyl (C=O) groups excluding carboxylic acids is 2. The van der Waals surface area contributed by atoms with Crippen molar-refractivity contribution in [3.05, 3.63) is 50.7 Å². The summed E-state index contributed by atoms with van der Waals surface area (Å²) in [4.78, 5) is 28.3. The lowest BCUT2D eigenvalue weighted by Crippen LogP contribution is -2.36. The largest absolute Gasteiger partial charge is 0.353 e. The Balaban J connectivity index is 1.45. The Hall–Kier alpha value is -2.76. The summed E-state index contributed by atoms with van der Waals surface area (Å²) < 4.78 is 7.74. The molecule has 3 aromatic rings. The molecular weight excluding hydrogens is 487 g/mol. The molecule has 0 aliphatic rings. The standard InChI is InChI=1S/C19H21IN6O3/c1-11-5-4-6-14(9-11)17-23-19(29-25-17)18(28)22-8-7-21-15(27)10-26-13(3)16(20)12(2)24-26/h4-6,9H,7-8,10H2,1-3H3,(H,21,27)(H,22,28). The minimum Gasteiger partial charge on any atom is -0.353 e. The quantitative estimate of drug-likeness (QED) is 0.373. The molecule has 0 bridgehead atoms. The molecule has 2 heterocycles. The van der Waals surface area contributed by atoms with Gasteiger partial charge in [0.15, 0.2) is 0 Å². The summed E-state index contributed by atoms with van der Waals surface area (Å²) >= 11 is 2.21. The summed E-state index contributed by atoms with van der Waals surface area (Å²) in [5.41, 5.74) is 3.68. The van der Waals surface area contributed by atoms with E-state index in [4.69, 9.17) is 4.52 Å². The van der Waals surface area contributed by atoms with Gasteiger partial charge in [-0.05, 0) is 49.4 Å². The zero-order valence-electron chi connectivity index (χ0n) is 16.3. The minimum atomic E-state index is -0.487.